The predicted molar refractivity (Wildman–Crippen MR) is 83.7 cm³/mol. The summed E-state index contributed by atoms with van der Waals surface area (Å²) in [6.45, 7) is 1.13. The predicted octanol–water partition coefficient (Wildman–Crippen LogP) is 3.62. The van der Waals surface area contributed by atoms with Gasteiger partial charge in [-0.1, -0.05) is 6.07 Å². The number of thiophene rings is 1. The normalized spacial score (nSPS) is 15.8. The first-order valence-electron chi connectivity index (χ1n) is 7.27. The number of amides is 1. The van der Waals surface area contributed by atoms with Crippen LogP contribution in [0.25, 0.3) is 0 Å². The Labute approximate surface area is 132 Å². The number of piperidine rings is 1. The van der Waals surface area contributed by atoms with Gasteiger partial charge in [0, 0.05) is 24.6 Å². The van der Waals surface area contributed by atoms with Gasteiger partial charge < -0.3 is 4.90 Å². The number of hydrogen-bond donors (Lipinski definition) is 0. The summed E-state index contributed by atoms with van der Waals surface area (Å²) in [4.78, 5) is 27.2. The number of Topliss-reactive ketones (excluding diaryl/α,β-unsaturated/α-hetero) is 1. The fourth-order valence-electron chi connectivity index (χ4n) is 2.74. The van der Waals surface area contributed by atoms with E-state index < -0.39 is 0 Å². The van der Waals surface area contributed by atoms with E-state index in [9.17, 15) is 14.0 Å². The van der Waals surface area contributed by atoms with E-state index in [0.717, 1.165) is 4.88 Å². The van der Waals surface area contributed by atoms with E-state index >= 15 is 0 Å². The van der Waals surface area contributed by atoms with Crippen LogP contribution in [0.5, 0.6) is 0 Å². The van der Waals surface area contributed by atoms with Crippen LogP contribution in [-0.4, -0.2) is 29.7 Å². The number of nitrogens with zero attached hydrogens (tertiary/aromatic N) is 1. The van der Waals surface area contributed by atoms with E-state index in [0.29, 0.717) is 31.5 Å². The van der Waals surface area contributed by atoms with Gasteiger partial charge in [0.2, 0.25) is 0 Å². The van der Waals surface area contributed by atoms with Crippen LogP contribution < -0.4 is 0 Å². The molecule has 22 heavy (non-hydrogen) atoms. The quantitative estimate of drug-likeness (QED) is 0.811. The second kappa shape index (κ2) is 6.40. The molecule has 1 aliphatic heterocycles. The molecule has 0 bridgehead atoms. The highest BCUT2D eigenvalue weighted by Gasteiger charge is 2.28. The lowest BCUT2D eigenvalue weighted by molar-refractivity contribution is 0.0651. The summed E-state index contributed by atoms with van der Waals surface area (Å²) in [7, 11) is 0. The molecule has 0 atom stereocenters. The average Bonchev–Trinajstić information content (AvgIpc) is 3.09. The van der Waals surface area contributed by atoms with E-state index in [1.807, 2.05) is 17.5 Å². The van der Waals surface area contributed by atoms with Gasteiger partial charge >= 0.3 is 0 Å². The van der Waals surface area contributed by atoms with E-state index in [1.165, 1.54) is 35.6 Å². The maximum Gasteiger partial charge on any atom is 0.253 e. The molecular weight excluding hydrogens is 301 g/mol. The highest BCUT2D eigenvalue weighted by molar-refractivity contribution is 7.12. The number of carbonyl (C=O) groups excluding carboxylic acids is 2. The topological polar surface area (TPSA) is 37.4 Å². The zero-order chi connectivity index (χ0) is 15.5. The highest BCUT2D eigenvalue weighted by atomic mass is 32.1. The molecule has 1 fully saturated rings. The van der Waals surface area contributed by atoms with E-state index in [2.05, 4.69) is 0 Å². The van der Waals surface area contributed by atoms with Crippen molar-refractivity contribution in [2.45, 2.75) is 12.8 Å². The van der Waals surface area contributed by atoms with E-state index in [4.69, 9.17) is 0 Å². The van der Waals surface area contributed by atoms with Gasteiger partial charge in [0.1, 0.15) is 5.82 Å². The Morgan fingerprint density at radius 2 is 1.77 bits per heavy atom. The molecule has 3 rings (SSSR count). The molecule has 114 valence electrons. The molecule has 1 aromatic carbocycles. The van der Waals surface area contributed by atoms with Gasteiger partial charge in [0.25, 0.3) is 5.91 Å². The zero-order valence-electron chi connectivity index (χ0n) is 12.0. The van der Waals surface area contributed by atoms with Crippen molar-refractivity contribution in [3.05, 3.63) is 58.0 Å². The summed E-state index contributed by atoms with van der Waals surface area (Å²) in [5.74, 6) is -0.265. The number of rotatable bonds is 3. The average molecular weight is 317 g/mol. The second-order valence-corrected chi connectivity index (χ2v) is 6.36. The molecular formula is C17H16FNO2S. The van der Waals surface area contributed by atoms with Crippen molar-refractivity contribution in [2.75, 3.05) is 13.1 Å². The lowest BCUT2D eigenvalue weighted by Gasteiger charge is -2.31. The summed E-state index contributed by atoms with van der Waals surface area (Å²) in [6.07, 6.45) is 1.37. The first-order valence-corrected chi connectivity index (χ1v) is 8.15. The van der Waals surface area contributed by atoms with Gasteiger partial charge in [-0.3, -0.25) is 9.59 Å². The number of benzene rings is 1. The van der Waals surface area contributed by atoms with Crippen LogP contribution >= 0.6 is 11.3 Å². The molecule has 0 unspecified atom stereocenters. The molecule has 1 saturated heterocycles. The number of likely N-dealkylation sites (tertiary alicyclic amines) is 1. The first-order chi connectivity index (χ1) is 10.6. The summed E-state index contributed by atoms with van der Waals surface area (Å²) < 4.78 is 12.9. The zero-order valence-corrected chi connectivity index (χ0v) is 12.8. The fourth-order valence-corrected chi connectivity index (χ4v) is 3.48. The third-order valence-corrected chi connectivity index (χ3v) is 4.89. The molecule has 0 saturated carbocycles. The number of hydrogen-bond acceptors (Lipinski definition) is 3. The SMILES string of the molecule is O=C(c1cccs1)C1CCN(C(=O)c2ccc(F)cc2)CC1. The Balaban J connectivity index is 1.60. The fraction of sp³-hybridized carbons (Fsp3) is 0.294. The van der Waals surface area contributed by atoms with E-state index in [-0.39, 0.29) is 23.4 Å². The van der Waals surface area contributed by atoms with E-state index in [1.54, 1.807) is 4.90 Å². The molecule has 3 nitrogen and oxygen atoms in total. The lowest BCUT2D eigenvalue weighted by Crippen LogP contribution is -2.40. The van der Waals surface area contributed by atoms with Gasteiger partial charge in [-0.15, -0.1) is 11.3 Å². The Bertz CT molecular complexity index is 658. The van der Waals surface area contributed by atoms with Crippen LogP contribution in [0.1, 0.15) is 32.9 Å². The molecule has 1 aromatic heterocycles. The van der Waals surface area contributed by atoms with Gasteiger partial charge in [0.05, 0.1) is 4.88 Å². The van der Waals surface area contributed by atoms with Gasteiger partial charge in [0.15, 0.2) is 5.78 Å². The summed E-state index contributed by atoms with van der Waals surface area (Å²) in [5, 5.41) is 1.90. The van der Waals surface area contributed by atoms with Crippen molar-refractivity contribution in [1.82, 2.24) is 4.90 Å². The van der Waals surface area contributed by atoms with Crippen molar-refractivity contribution >= 4 is 23.0 Å². The second-order valence-electron chi connectivity index (χ2n) is 5.41. The molecule has 0 aliphatic carbocycles. The summed E-state index contributed by atoms with van der Waals surface area (Å²) in [5.41, 5.74) is 0.490. The third kappa shape index (κ3) is 3.09. The minimum atomic E-state index is -0.350. The van der Waals surface area contributed by atoms with Crippen LogP contribution in [0.4, 0.5) is 4.39 Å². The molecule has 0 radical (unpaired) electrons. The minimum absolute atomic E-state index is 0.00378. The van der Waals surface area contributed by atoms with Crippen molar-refractivity contribution in [1.29, 1.82) is 0 Å². The molecule has 5 heteroatoms. The molecule has 2 aromatic rings. The van der Waals surface area contributed by atoms with Crippen LogP contribution in [0.3, 0.4) is 0 Å². The van der Waals surface area contributed by atoms with Crippen molar-refractivity contribution < 1.29 is 14.0 Å². The Morgan fingerprint density at radius 3 is 2.36 bits per heavy atom. The summed E-state index contributed by atoms with van der Waals surface area (Å²) in [6, 6.07) is 9.32. The minimum Gasteiger partial charge on any atom is -0.339 e. The molecule has 1 aliphatic rings. The Hall–Kier alpha value is -2.01. The standard InChI is InChI=1S/C17H16FNO2S/c18-14-5-3-13(4-6-14)17(21)19-9-7-12(8-10-19)16(20)15-2-1-11-22-15/h1-6,11-12H,7-10H2. The maximum atomic E-state index is 12.9. The van der Waals surface area contributed by atoms with Gasteiger partial charge in [-0.25, -0.2) is 4.39 Å². The number of carbonyl (C=O) groups is 2. The highest BCUT2D eigenvalue weighted by Crippen LogP contribution is 2.24. The van der Waals surface area contributed by atoms with Crippen LogP contribution in [-0.2, 0) is 0 Å². The Morgan fingerprint density at radius 1 is 1.09 bits per heavy atom. The smallest absolute Gasteiger partial charge is 0.253 e. The van der Waals surface area contributed by atoms with Crippen LogP contribution in [0.2, 0.25) is 0 Å². The number of ketones is 1. The van der Waals surface area contributed by atoms with Crippen molar-refractivity contribution in [3.8, 4) is 0 Å². The number of halogens is 1. The molecule has 0 spiro atoms. The maximum absolute atomic E-state index is 12.9. The van der Waals surface area contributed by atoms with Crippen LogP contribution in [0, 0.1) is 11.7 Å². The molecule has 1 amide bonds. The monoisotopic (exact) mass is 317 g/mol. The van der Waals surface area contributed by atoms with Crippen LogP contribution in [0.15, 0.2) is 41.8 Å². The lowest BCUT2D eigenvalue weighted by atomic mass is 9.91. The van der Waals surface area contributed by atoms with Crippen molar-refractivity contribution in [3.63, 3.8) is 0 Å². The van der Waals surface area contributed by atoms with Gasteiger partial charge in [-0.2, -0.15) is 0 Å². The molecule has 2 heterocycles. The largest absolute Gasteiger partial charge is 0.339 e. The third-order valence-electron chi connectivity index (χ3n) is 4.01. The van der Waals surface area contributed by atoms with Gasteiger partial charge in [-0.05, 0) is 48.6 Å². The molecule has 0 N–H and O–H groups in total. The first kappa shape index (κ1) is 14.9. The Kier molecular flexibility index (Phi) is 4.34. The van der Waals surface area contributed by atoms with Crippen molar-refractivity contribution in [2.24, 2.45) is 5.92 Å². The summed E-state index contributed by atoms with van der Waals surface area (Å²) >= 11 is 1.46.